The van der Waals surface area contributed by atoms with Crippen LogP contribution in [-0.2, 0) is 11.2 Å². The Morgan fingerprint density at radius 1 is 1.21 bits per heavy atom. The summed E-state index contributed by atoms with van der Waals surface area (Å²) in [6, 6.07) is 6.78. The molecule has 3 heteroatoms. The van der Waals surface area contributed by atoms with Crippen molar-refractivity contribution in [2.75, 3.05) is 51.8 Å². The van der Waals surface area contributed by atoms with Crippen molar-refractivity contribution in [3.8, 4) is 0 Å². The zero-order valence-corrected chi connectivity index (χ0v) is 12.5. The molecular weight excluding hydrogens is 236 g/mol. The lowest BCUT2D eigenvalue weighted by Crippen LogP contribution is -2.36. The van der Waals surface area contributed by atoms with E-state index in [1.165, 1.54) is 36.2 Å². The number of nitrogens with zero attached hydrogens (tertiary/aromatic N) is 2. The lowest BCUT2D eigenvalue weighted by atomic mass is 10.0. The van der Waals surface area contributed by atoms with Gasteiger partial charge < -0.3 is 9.64 Å². The molecule has 19 heavy (non-hydrogen) atoms. The van der Waals surface area contributed by atoms with Gasteiger partial charge in [-0.05, 0) is 49.6 Å². The number of aryl methyl sites for hydroxylation is 2. The van der Waals surface area contributed by atoms with Crippen molar-refractivity contribution < 1.29 is 4.74 Å². The maximum absolute atomic E-state index is 5.37. The van der Waals surface area contributed by atoms with Crippen molar-refractivity contribution in [1.29, 1.82) is 0 Å². The molecule has 0 saturated carbocycles. The molecule has 1 aromatic carbocycles. The smallest absolute Gasteiger partial charge is 0.0594 e. The molecular formula is C16H26N2O. The first kappa shape index (κ1) is 14.4. The van der Waals surface area contributed by atoms with E-state index in [-0.39, 0.29) is 0 Å². The van der Waals surface area contributed by atoms with Gasteiger partial charge in [0.1, 0.15) is 0 Å². The van der Waals surface area contributed by atoms with E-state index in [9.17, 15) is 0 Å². The van der Waals surface area contributed by atoms with Crippen LogP contribution in [0.2, 0.25) is 0 Å². The standard InChI is InChI=1S/C16H26N2O/c1-14-13-16(17(2)3)7-6-15(14)5-4-8-18-9-11-19-12-10-18/h6-7,13H,4-5,8-12H2,1-3H3. The quantitative estimate of drug-likeness (QED) is 0.810. The maximum atomic E-state index is 5.37. The Morgan fingerprint density at radius 2 is 1.95 bits per heavy atom. The van der Waals surface area contributed by atoms with E-state index in [0.29, 0.717) is 0 Å². The van der Waals surface area contributed by atoms with Crippen LogP contribution in [0.25, 0.3) is 0 Å². The molecule has 2 rings (SSSR count). The molecule has 0 aliphatic carbocycles. The van der Waals surface area contributed by atoms with Crippen molar-refractivity contribution in [3.05, 3.63) is 29.3 Å². The van der Waals surface area contributed by atoms with Gasteiger partial charge in [-0.1, -0.05) is 6.07 Å². The molecule has 0 bridgehead atoms. The summed E-state index contributed by atoms with van der Waals surface area (Å²) in [6.45, 7) is 7.40. The van der Waals surface area contributed by atoms with Crippen LogP contribution < -0.4 is 4.90 Å². The number of benzene rings is 1. The highest BCUT2D eigenvalue weighted by Gasteiger charge is 2.09. The van der Waals surface area contributed by atoms with Crippen LogP contribution in [0.15, 0.2) is 18.2 Å². The van der Waals surface area contributed by atoms with Crippen molar-refractivity contribution in [1.82, 2.24) is 4.90 Å². The summed E-state index contributed by atoms with van der Waals surface area (Å²) < 4.78 is 5.37. The summed E-state index contributed by atoms with van der Waals surface area (Å²) in [5, 5.41) is 0. The minimum atomic E-state index is 0.899. The fourth-order valence-corrected chi connectivity index (χ4v) is 2.56. The summed E-state index contributed by atoms with van der Waals surface area (Å²) in [4.78, 5) is 4.66. The molecule has 0 spiro atoms. The fraction of sp³-hybridized carbons (Fsp3) is 0.625. The predicted octanol–water partition coefficient (Wildman–Crippen LogP) is 2.33. The van der Waals surface area contributed by atoms with E-state index in [1.807, 2.05) is 0 Å². The van der Waals surface area contributed by atoms with Crippen LogP contribution >= 0.6 is 0 Å². The average Bonchev–Trinajstić information content (AvgIpc) is 2.41. The van der Waals surface area contributed by atoms with Gasteiger partial charge >= 0.3 is 0 Å². The molecule has 0 amide bonds. The second-order valence-corrected chi connectivity index (χ2v) is 5.56. The Morgan fingerprint density at radius 3 is 2.58 bits per heavy atom. The van der Waals surface area contributed by atoms with Gasteiger partial charge in [0.2, 0.25) is 0 Å². The van der Waals surface area contributed by atoms with E-state index < -0.39 is 0 Å². The second-order valence-electron chi connectivity index (χ2n) is 5.56. The third kappa shape index (κ3) is 4.22. The third-order valence-corrected chi connectivity index (χ3v) is 3.87. The zero-order chi connectivity index (χ0) is 13.7. The molecule has 0 N–H and O–H groups in total. The second kappa shape index (κ2) is 6.92. The van der Waals surface area contributed by atoms with E-state index in [2.05, 4.69) is 49.0 Å². The van der Waals surface area contributed by atoms with Gasteiger partial charge in [-0.25, -0.2) is 0 Å². The molecule has 1 saturated heterocycles. The maximum Gasteiger partial charge on any atom is 0.0594 e. The van der Waals surface area contributed by atoms with Gasteiger partial charge in [0.15, 0.2) is 0 Å². The SMILES string of the molecule is Cc1cc(N(C)C)ccc1CCCN1CCOCC1. The van der Waals surface area contributed by atoms with Crippen LogP contribution in [0.4, 0.5) is 5.69 Å². The predicted molar refractivity (Wildman–Crippen MR) is 81.1 cm³/mol. The highest BCUT2D eigenvalue weighted by molar-refractivity contribution is 5.49. The summed E-state index contributed by atoms with van der Waals surface area (Å²) >= 11 is 0. The largest absolute Gasteiger partial charge is 0.379 e. The van der Waals surface area contributed by atoms with Gasteiger partial charge in [0.25, 0.3) is 0 Å². The first-order chi connectivity index (χ1) is 9.16. The number of hydrogen-bond donors (Lipinski definition) is 0. The lowest BCUT2D eigenvalue weighted by Gasteiger charge is -2.26. The Hall–Kier alpha value is -1.06. The molecule has 1 fully saturated rings. The van der Waals surface area contributed by atoms with Crippen LogP contribution in [-0.4, -0.2) is 51.8 Å². The molecule has 3 nitrogen and oxygen atoms in total. The number of hydrogen-bond acceptors (Lipinski definition) is 3. The first-order valence-electron chi connectivity index (χ1n) is 7.24. The Bertz CT molecular complexity index is 398. The molecule has 1 aliphatic heterocycles. The van der Waals surface area contributed by atoms with E-state index in [4.69, 9.17) is 4.74 Å². The van der Waals surface area contributed by atoms with Crippen molar-refractivity contribution in [2.45, 2.75) is 19.8 Å². The lowest BCUT2D eigenvalue weighted by molar-refractivity contribution is 0.0374. The number of ether oxygens (including phenoxy) is 1. The van der Waals surface area contributed by atoms with Gasteiger partial charge in [-0.2, -0.15) is 0 Å². The number of rotatable bonds is 5. The highest BCUT2D eigenvalue weighted by atomic mass is 16.5. The molecule has 1 aromatic rings. The fourth-order valence-electron chi connectivity index (χ4n) is 2.56. The molecule has 0 aromatic heterocycles. The minimum absolute atomic E-state index is 0.899. The molecule has 0 radical (unpaired) electrons. The number of anilines is 1. The van der Waals surface area contributed by atoms with Gasteiger partial charge in [0, 0.05) is 32.9 Å². The molecule has 1 heterocycles. The minimum Gasteiger partial charge on any atom is -0.379 e. The van der Waals surface area contributed by atoms with Gasteiger partial charge in [0.05, 0.1) is 13.2 Å². The Labute approximate surface area is 117 Å². The summed E-state index contributed by atoms with van der Waals surface area (Å²) in [7, 11) is 4.18. The summed E-state index contributed by atoms with van der Waals surface area (Å²) in [5.41, 5.74) is 4.18. The van der Waals surface area contributed by atoms with Crippen LogP contribution in [0.5, 0.6) is 0 Å². The molecule has 1 aliphatic rings. The zero-order valence-electron chi connectivity index (χ0n) is 12.5. The van der Waals surface area contributed by atoms with E-state index in [0.717, 1.165) is 26.3 Å². The van der Waals surface area contributed by atoms with E-state index >= 15 is 0 Å². The van der Waals surface area contributed by atoms with Crippen molar-refractivity contribution >= 4 is 5.69 Å². The van der Waals surface area contributed by atoms with E-state index in [1.54, 1.807) is 0 Å². The van der Waals surface area contributed by atoms with Gasteiger partial charge in [-0.15, -0.1) is 0 Å². The van der Waals surface area contributed by atoms with Crippen molar-refractivity contribution in [2.24, 2.45) is 0 Å². The van der Waals surface area contributed by atoms with Crippen molar-refractivity contribution in [3.63, 3.8) is 0 Å². The summed E-state index contributed by atoms with van der Waals surface area (Å²) in [5.74, 6) is 0. The van der Waals surface area contributed by atoms with Crippen LogP contribution in [0.3, 0.4) is 0 Å². The first-order valence-corrected chi connectivity index (χ1v) is 7.24. The monoisotopic (exact) mass is 262 g/mol. The van der Waals surface area contributed by atoms with Crippen LogP contribution in [0.1, 0.15) is 17.5 Å². The third-order valence-electron chi connectivity index (χ3n) is 3.87. The summed E-state index contributed by atoms with van der Waals surface area (Å²) in [6.07, 6.45) is 2.42. The normalized spacial score (nSPS) is 16.6. The topological polar surface area (TPSA) is 15.7 Å². The highest BCUT2D eigenvalue weighted by Crippen LogP contribution is 2.18. The molecule has 0 unspecified atom stereocenters. The molecule has 0 atom stereocenters. The average molecular weight is 262 g/mol. The number of morpholine rings is 1. The van der Waals surface area contributed by atoms with Crippen LogP contribution in [0, 0.1) is 6.92 Å². The Kier molecular flexibility index (Phi) is 5.23. The Balaban J connectivity index is 1.82. The molecule has 106 valence electrons. The van der Waals surface area contributed by atoms with Gasteiger partial charge in [-0.3, -0.25) is 4.90 Å².